The fourth-order valence-electron chi connectivity index (χ4n) is 1.87. The van der Waals surface area contributed by atoms with Gasteiger partial charge in [-0.3, -0.25) is 0 Å². The average molecular weight is 231 g/mol. The Kier molecular flexibility index (Phi) is 7.76. The Bertz CT molecular complexity index is 154. The van der Waals surface area contributed by atoms with Crippen LogP contribution in [0.25, 0.3) is 0 Å². The van der Waals surface area contributed by atoms with Crippen LogP contribution in [0.2, 0.25) is 0 Å². The highest BCUT2D eigenvalue weighted by molar-refractivity contribution is 4.70. The van der Waals surface area contributed by atoms with Gasteiger partial charge in [0.1, 0.15) is 0 Å². The van der Waals surface area contributed by atoms with Gasteiger partial charge >= 0.3 is 0 Å². The van der Waals surface area contributed by atoms with Crippen LogP contribution in [0.15, 0.2) is 0 Å². The molecular weight excluding hydrogens is 206 g/mol. The maximum Gasteiger partial charge on any atom is 0.159 e. The molecule has 0 aromatic rings. The van der Waals surface area contributed by atoms with E-state index in [4.69, 9.17) is 14.2 Å². The number of hydrogen-bond donors (Lipinski definition) is 1. The summed E-state index contributed by atoms with van der Waals surface area (Å²) in [5, 5.41) is 3.33. The molecule has 1 N–H and O–H groups in total. The summed E-state index contributed by atoms with van der Waals surface area (Å²) in [6.45, 7) is 9.16. The van der Waals surface area contributed by atoms with Gasteiger partial charge in [0.2, 0.25) is 0 Å². The maximum atomic E-state index is 5.64. The molecule has 0 saturated carbocycles. The molecule has 0 aliphatic carbocycles. The molecule has 1 saturated heterocycles. The average Bonchev–Trinajstić information content (AvgIpc) is 2.78. The van der Waals surface area contributed by atoms with Gasteiger partial charge in [-0.15, -0.1) is 0 Å². The lowest BCUT2D eigenvalue weighted by Crippen LogP contribution is -2.21. The van der Waals surface area contributed by atoms with E-state index >= 15 is 0 Å². The lowest BCUT2D eigenvalue weighted by atomic mass is 10.1. The van der Waals surface area contributed by atoms with E-state index in [0.717, 1.165) is 32.7 Å². The summed E-state index contributed by atoms with van der Waals surface area (Å²) in [6.07, 6.45) is 1.96. The molecule has 0 amide bonds. The van der Waals surface area contributed by atoms with Gasteiger partial charge in [0.05, 0.1) is 13.2 Å². The van der Waals surface area contributed by atoms with Gasteiger partial charge in [0.15, 0.2) is 6.29 Å². The van der Waals surface area contributed by atoms with Gasteiger partial charge < -0.3 is 19.5 Å². The fraction of sp³-hybridized carbons (Fsp3) is 1.00. The van der Waals surface area contributed by atoms with E-state index < -0.39 is 0 Å². The molecule has 16 heavy (non-hydrogen) atoms. The summed E-state index contributed by atoms with van der Waals surface area (Å²) in [5.74, 6) is 0.692. The minimum absolute atomic E-state index is 0.100. The zero-order chi connectivity index (χ0) is 11.6. The standard InChI is InChI=1S/C12H25NO3/c1-3-15-12(16-4-2)6-8-14-10-11-5-7-13-9-11/h11-13H,3-10H2,1-2H3. The van der Waals surface area contributed by atoms with Crippen molar-refractivity contribution in [3.8, 4) is 0 Å². The summed E-state index contributed by atoms with van der Waals surface area (Å²) in [7, 11) is 0. The summed E-state index contributed by atoms with van der Waals surface area (Å²) in [6, 6.07) is 0. The Labute approximate surface area is 98.6 Å². The Balaban J connectivity index is 1.98. The first-order valence-electron chi connectivity index (χ1n) is 6.38. The van der Waals surface area contributed by atoms with Crippen LogP contribution in [-0.2, 0) is 14.2 Å². The van der Waals surface area contributed by atoms with E-state index in [1.807, 2.05) is 13.8 Å². The molecule has 4 heteroatoms. The predicted molar refractivity (Wildman–Crippen MR) is 63.5 cm³/mol. The van der Waals surface area contributed by atoms with Crippen molar-refractivity contribution >= 4 is 0 Å². The summed E-state index contributed by atoms with van der Waals surface area (Å²) < 4.78 is 16.5. The van der Waals surface area contributed by atoms with Crippen molar-refractivity contribution in [2.24, 2.45) is 5.92 Å². The van der Waals surface area contributed by atoms with Crippen LogP contribution in [0.1, 0.15) is 26.7 Å². The third-order valence-corrected chi connectivity index (χ3v) is 2.72. The SMILES string of the molecule is CCOC(CCOCC1CCNC1)OCC. The molecule has 0 bridgehead atoms. The monoisotopic (exact) mass is 231 g/mol. The Morgan fingerprint density at radius 3 is 2.56 bits per heavy atom. The molecule has 1 aliphatic rings. The van der Waals surface area contributed by atoms with Crippen molar-refractivity contribution in [2.45, 2.75) is 33.0 Å². The van der Waals surface area contributed by atoms with E-state index in [1.165, 1.54) is 6.42 Å². The second-order valence-corrected chi connectivity index (χ2v) is 4.06. The minimum Gasteiger partial charge on any atom is -0.381 e. The van der Waals surface area contributed by atoms with Gasteiger partial charge in [-0.25, -0.2) is 0 Å². The first-order chi connectivity index (χ1) is 7.86. The molecular formula is C12H25NO3. The second-order valence-electron chi connectivity index (χ2n) is 4.06. The first kappa shape index (κ1) is 13.9. The minimum atomic E-state index is -0.100. The highest BCUT2D eigenvalue weighted by atomic mass is 16.7. The molecule has 96 valence electrons. The largest absolute Gasteiger partial charge is 0.381 e. The van der Waals surface area contributed by atoms with Crippen LogP contribution < -0.4 is 5.32 Å². The lowest BCUT2D eigenvalue weighted by molar-refractivity contribution is -0.147. The topological polar surface area (TPSA) is 39.7 Å². The van der Waals surface area contributed by atoms with Crippen molar-refractivity contribution in [1.29, 1.82) is 0 Å². The van der Waals surface area contributed by atoms with Gasteiger partial charge in [0.25, 0.3) is 0 Å². The fourth-order valence-corrected chi connectivity index (χ4v) is 1.87. The summed E-state index contributed by atoms with van der Waals surface area (Å²) >= 11 is 0. The molecule has 1 unspecified atom stereocenters. The van der Waals surface area contributed by atoms with Crippen molar-refractivity contribution in [3.05, 3.63) is 0 Å². The van der Waals surface area contributed by atoms with E-state index in [1.54, 1.807) is 0 Å². The van der Waals surface area contributed by atoms with Gasteiger partial charge in [-0.05, 0) is 32.7 Å². The first-order valence-corrected chi connectivity index (χ1v) is 6.38. The van der Waals surface area contributed by atoms with Crippen molar-refractivity contribution in [3.63, 3.8) is 0 Å². The van der Waals surface area contributed by atoms with Crippen molar-refractivity contribution in [2.75, 3.05) is 39.5 Å². The van der Waals surface area contributed by atoms with Crippen LogP contribution >= 0.6 is 0 Å². The van der Waals surface area contributed by atoms with Crippen LogP contribution in [0.5, 0.6) is 0 Å². The molecule has 1 fully saturated rings. The van der Waals surface area contributed by atoms with Crippen LogP contribution in [0.3, 0.4) is 0 Å². The number of ether oxygens (including phenoxy) is 3. The molecule has 4 nitrogen and oxygen atoms in total. The molecule has 0 spiro atoms. The highest BCUT2D eigenvalue weighted by Crippen LogP contribution is 2.08. The summed E-state index contributed by atoms with van der Waals surface area (Å²) in [5.41, 5.74) is 0. The normalized spacial score (nSPS) is 20.8. The zero-order valence-electron chi connectivity index (χ0n) is 10.5. The van der Waals surface area contributed by atoms with E-state index in [9.17, 15) is 0 Å². The van der Waals surface area contributed by atoms with Gasteiger partial charge in [-0.2, -0.15) is 0 Å². The van der Waals surface area contributed by atoms with Gasteiger partial charge in [-0.1, -0.05) is 0 Å². The molecule has 1 atom stereocenters. The van der Waals surface area contributed by atoms with E-state index in [2.05, 4.69) is 5.32 Å². The molecule has 1 aliphatic heterocycles. The highest BCUT2D eigenvalue weighted by Gasteiger charge is 2.14. The van der Waals surface area contributed by atoms with Crippen LogP contribution in [0, 0.1) is 5.92 Å². The van der Waals surface area contributed by atoms with Crippen LogP contribution in [0.4, 0.5) is 0 Å². The predicted octanol–water partition coefficient (Wildman–Crippen LogP) is 1.40. The molecule has 0 aromatic heterocycles. The Morgan fingerprint density at radius 1 is 1.25 bits per heavy atom. The van der Waals surface area contributed by atoms with Crippen molar-refractivity contribution in [1.82, 2.24) is 5.32 Å². The number of hydrogen-bond acceptors (Lipinski definition) is 4. The molecule has 0 aromatic carbocycles. The maximum absolute atomic E-state index is 5.64. The smallest absolute Gasteiger partial charge is 0.159 e. The zero-order valence-corrected chi connectivity index (χ0v) is 10.5. The molecule has 1 rings (SSSR count). The van der Waals surface area contributed by atoms with Crippen LogP contribution in [-0.4, -0.2) is 45.8 Å². The quantitative estimate of drug-likeness (QED) is 0.481. The third-order valence-electron chi connectivity index (χ3n) is 2.72. The number of rotatable bonds is 9. The Hall–Kier alpha value is -0.160. The van der Waals surface area contributed by atoms with Gasteiger partial charge in [0, 0.05) is 26.2 Å². The van der Waals surface area contributed by atoms with E-state index in [0.29, 0.717) is 19.1 Å². The number of nitrogens with one attached hydrogen (secondary N) is 1. The second kappa shape index (κ2) is 8.93. The van der Waals surface area contributed by atoms with Crippen molar-refractivity contribution < 1.29 is 14.2 Å². The molecule has 1 heterocycles. The molecule has 0 radical (unpaired) electrons. The van der Waals surface area contributed by atoms with E-state index in [-0.39, 0.29) is 6.29 Å². The lowest BCUT2D eigenvalue weighted by Gasteiger charge is -2.17. The third kappa shape index (κ3) is 5.80. The Morgan fingerprint density at radius 2 is 2.00 bits per heavy atom. The summed E-state index contributed by atoms with van der Waals surface area (Å²) in [4.78, 5) is 0.